The highest BCUT2D eigenvalue weighted by Crippen LogP contribution is 2.31. The highest BCUT2D eigenvalue weighted by atomic mass is 32.1. The maximum Gasteiger partial charge on any atom is 0.321 e. The Morgan fingerprint density at radius 3 is 2.62 bits per heavy atom. The normalized spacial score (nSPS) is 14.5. The van der Waals surface area contributed by atoms with E-state index in [-0.39, 0.29) is 6.03 Å². The molecule has 1 fully saturated rings. The molecule has 0 aliphatic carbocycles. The predicted molar refractivity (Wildman–Crippen MR) is 104 cm³/mol. The van der Waals surface area contributed by atoms with Crippen molar-refractivity contribution in [1.29, 1.82) is 0 Å². The molecule has 26 heavy (non-hydrogen) atoms. The number of thiophene rings is 1. The van der Waals surface area contributed by atoms with Crippen LogP contribution in [0.25, 0.3) is 10.4 Å². The summed E-state index contributed by atoms with van der Waals surface area (Å²) in [7, 11) is 1.93. The molecule has 4 rings (SSSR count). The summed E-state index contributed by atoms with van der Waals surface area (Å²) in [6.07, 6.45) is 1.69. The number of benzene rings is 1. The summed E-state index contributed by atoms with van der Waals surface area (Å²) >= 11 is 1.67. The fraction of sp³-hybridized carbons (Fsp3) is 0.278. The van der Waals surface area contributed by atoms with Crippen molar-refractivity contribution in [2.24, 2.45) is 7.05 Å². The van der Waals surface area contributed by atoms with E-state index in [0.717, 1.165) is 35.2 Å². The van der Waals surface area contributed by atoms with Gasteiger partial charge in [-0.25, -0.2) is 4.79 Å². The van der Waals surface area contributed by atoms with Crippen LogP contribution >= 0.6 is 11.3 Å². The van der Waals surface area contributed by atoms with Gasteiger partial charge in [-0.2, -0.15) is 0 Å². The van der Waals surface area contributed by atoms with Gasteiger partial charge in [-0.15, -0.1) is 21.5 Å². The molecule has 3 heterocycles. The molecule has 0 atom stereocenters. The Morgan fingerprint density at radius 1 is 1.12 bits per heavy atom. The SMILES string of the molecule is Cn1cnnc1N1CCN(C(=O)Nc2ccccc2-c2cccs2)CC1. The lowest BCUT2D eigenvalue weighted by Crippen LogP contribution is -2.50. The Balaban J connectivity index is 1.42. The molecule has 0 unspecified atom stereocenters. The smallest absolute Gasteiger partial charge is 0.321 e. The number of nitrogens with zero attached hydrogens (tertiary/aromatic N) is 5. The third-order valence-electron chi connectivity index (χ3n) is 4.49. The molecule has 1 aromatic carbocycles. The van der Waals surface area contributed by atoms with E-state index < -0.39 is 0 Å². The van der Waals surface area contributed by atoms with Gasteiger partial charge in [0.1, 0.15) is 6.33 Å². The zero-order valence-electron chi connectivity index (χ0n) is 14.5. The Kier molecular flexibility index (Phi) is 4.57. The second kappa shape index (κ2) is 7.17. The monoisotopic (exact) mass is 368 g/mol. The number of hydrogen-bond acceptors (Lipinski definition) is 5. The van der Waals surface area contributed by atoms with Gasteiger partial charge < -0.3 is 19.7 Å². The molecule has 0 saturated carbocycles. The maximum atomic E-state index is 12.7. The predicted octanol–water partition coefficient (Wildman–Crippen LogP) is 2.90. The number of nitrogens with one attached hydrogen (secondary N) is 1. The topological polar surface area (TPSA) is 66.3 Å². The van der Waals surface area contributed by atoms with Gasteiger partial charge in [0, 0.05) is 43.7 Å². The molecule has 3 aromatic rings. The fourth-order valence-electron chi connectivity index (χ4n) is 3.11. The number of aromatic nitrogens is 3. The standard InChI is InChI=1S/C18H20N6OS/c1-22-13-19-21-17(22)23-8-10-24(11-9-23)18(25)20-15-6-3-2-5-14(15)16-7-4-12-26-16/h2-7,12-13H,8-11H2,1H3,(H,20,25). The third kappa shape index (κ3) is 3.28. The van der Waals surface area contributed by atoms with Crippen LogP contribution in [0.3, 0.4) is 0 Å². The minimum absolute atomic E-state index is 0.0633. The third-order valence-corrected chi connectivity index (χ3v) is 5.40. The minimum atomic E-state index is -0.0633. The van der Waals surface area contributed by atoms with Gasteiger partial charge >= 0.3 is 6.03 Å². The molecule has 1 aliphatic rings. The Bertz CT molecular complexity index is 883. The number of carbonyl (C=O) groups excluding carboxylic acids is 1. The van der Waals surface area contributed by atoms with Crippen molar-refractivity contribution in [3.63, 3.8) is 0 Å². The quantitative estimate of drug-likeness (QED) is 0.772. The number of aryl methyl sites for hydroxylation is 1. The molecule has 1 saturated heterocycles. The molecule has 2 amide bonds. The van der Waals surface area contributed by atoms with E-state index in [4.69, 9.17) is 0 Å². The van der Waals surface area contributed by atoms with Crippen LogP contribution in [0.2, 0.25) is 0 Å². The molecule has 0 spiro atoms. The molecule has 2 aromatic heterocycles. The summed E-state index contributed by atoms with van der Waals surface area (Å²) in [6.45, 7) is 2.79. The van der Waals surface area contributed by atoms with E-state index in [0.29, 0.717) is 13.1 Å². The molecule has 0 bridgehead atoms. The van der Waals surface area contributed by atoms with Crippen LogP contribution in [0.15, 0.2) is 48.1 Å². The molecule has 134 valence electrons. The highest BCUT2D eigenvalue weighted by molar-refractivity contribution is 7.13. The summed E-state index contributed by atoms with van der Waals surface area (Å²) in [5.41, 5.74) is 1.89. The van der Waals surface area contributed by atoms with E-state index in [1.807, 2.05) is 52.2 Å². The number of anilines is 2. The number of hydrogen-bond donors (Lipinski definition) is 1. The van der Waals surface area contributed by atoms with Gasteiger partial charge in [-0.3, -0.25) is 0 Å². The van der Waals surface area contributed by atoms with Crippen molar-refractivity contribution in [2.75, 3.05) is 36.4 Å². The fourth-order valence-corrected chi connectivity index (χ4v) is 3.87. The van der Waals surface area contributed by atoms with Crippen molar-refractivity contribution in [1.82, 2.24) is 19.7 Å². The van der Waals surface area contributed by atoms with E-state index in [2.05, 4.69) is 26.5 Å². The average Bonchev–Trinajstić information content (AvgIpc) is 3.34. The number of rotatable bonds is 3. The lowest BCUT2D eigenvalue weighted by Gasteiger charge is -2.35. The van der Waals surface area contributed by atoms with Crippen molar-refractivity contribution in [2.45, 2.75) is 0 Å². The van der Waals surface area contributed by atoms with Crippen molar-refractivity contribution < 1.29 is 4.79 Å². The molecule has 1 N–H and O–H groups in total. The van der Waals surface area contributed by atoms with Crippen molar-refractivity contribution in [3.8, 4) is 10.4 Å². The molecular weight excluding hydrogens is 348 g/mol. The van der Waals surface area contributed by atoms with Crippen LogP contribution in [-0.4, -0.2) is 51.9 Å². The van der Waals surface area contributed by atoms with Gasteiger partial charge in [0.25, 0.3) is 0 Å². The number of para-hydroxylation sites is 1. The second-order valence-electron chi connectivity index (χ2n) is 6.17. The molecule has 8 heteroatoms. The summed E-state index contributed by atoms with van der Waals surface area (Å²) in [5.74, 6) is 0.841. The summed E-state index contributed by atoms with van der Waals surface area (Å²) in [4.78, 5) is 17.9. The van der Waals surface area contributed by atoms with Crippen molar-refractivity contribution >= 4 is 29.0 Å². The van der Waals surface area contributed by atoms with E-state index >= 15 is 0 Å². The Morgan fingerprint density at radius 2 is 1.92 bits per heavy atom. The molecule has 7 nitrogen and oxygen atoms in total. The van der Waals surface area contributed by atoms with Gasteiger partial charge in [0.2, 0.25) is 5.95 Å². The van der Waals surface area contributed by atoms with Crippen LogP contribution < -0.4 is 10.2 Å². The summed E-state index contributed by atoms with van der Waals surface area (Å²) in [5, 5.41) is 13.2. The average molecular weight is 368 g/mol. The highest BCUT2D eigenvalue weighted by Gasteiger charge is 2.24. The zero-order chi connectivity index (χ0) is 17.9. The van der Waals surface area contributed by atoms with Crippen LogP contribution in [0.5, 0.6) is 0 Å². The zero-order valence-corrected chi connectivity index (χ0v) is 15.3. The van der Waals surface area contributed by atoms with Crippen LogP contribution in [-0.2, 0) is 7.05 Å². The summed E-state index contributed by atoms with van der Waals surface area (Å²) < 4.78 is 1.90. The van der Waals surface area contributed by atoms with Gasteiger partial charge in [0.15, 0.2) is 0 Å². The van der Waals surface area contributed by atoms with Gasteiger partial charge in [0.05, 0.1) is 5.69 Å². The first-order chi connectivity index (χ1) is 12.7. The van der Waals surface area contributed by atoms with Gasteiger partial charge in [-0.1, -0.05) is 24.3 Å². The minimum Gasteiger partial charge on any atom is -0.337 e. The van der Waals surface area contributed by atoms with E-state index in [1.54, 1.807) is 17.7 Å². The maximum absolute atomic E-state index is 12.7. The largest absolute Gasteiger partial charge is 0.337 e. The number of piperazine rings is 1. The number of carbonyl (C=O) groups is 1. The second-order valence-corrected chi connectivity index (χ2v) is 7.12. The Hall–Kier alpha value is -2.87. The van der Waals surface area contributed by atoms with Crippen molar-refractivity contribution in [3.05, 3.63) is 48.1 Å². The summed E-state index contributed by atoms with van der Waals surface area (Å²) in [6, 6.07) is 11.9. The number of urea groups is 1. The van der Waals surface area contributed by atoms with Gasteiger partial charge in [-0.05, 0) is 17.5 Å². The van der Waals surface area contributed by atoms with Crippen LogP contribution in [0.1, 0.15) is 0 Å². The molecule has 0 radical (unpaired) electrons. The first-order valence-electron chi connectivity index (χ1n) is 8.50. The van der Waals surface area contributed by atoms with E-state index in [1.165, 1.54) is 0 Å². The first kappa shape index (κ1) is 16.6. The molecular formula is C18H20N6OS. The lowest BCUT2D eigenvalue weighted by molar-refractivity contribution is 0.208. The lowest BCUT2D eigenvalue weighted by atomic mass is 10.1. The van der Waals surface area contributed by atoms with E-state index in [9.17, 15) is 4.79 Å². The molecule has 1 aliphatic heterocycles. The first-order valence-corrected chi connectivity index (χ1v) is 9.38. The Labute approximate surface area is 155 Å². The number of amides is 2. The van der Waals surface area contributed by atoms with Crippen LogP contribution in [0.4, 0.5) is 16.4 Å². The van der Waals surface area contributed by atoms with Crippen LogP contribution in [0, 0.1) is 0 Å².